The van der Waals surface area contributed by atoms with Crippen molar-refractivity contribution in [3.05, 3.63) is 52.1 Å². The Morgan fingerprint density at radius 3 is 2.22 bits per heavy atom. The zero-order valence-corrected chi connectivity index (χ0v) is 15.6. The molecule has 0 radical (unpaired) electrons. The zero-order chi connectivity index (χ0) is 20.0. The number of hydrogen-bond acceptors (Lipinski definition) is 7. The molecule has 0 aromatic heterocycles. The lowest BCUT2D eigenvalue weighted by Crippen LogP contribution is -2.34. The summed E-state index contributed by atoms with van der Waals surface area (Å²) in [6.07, 6.45) is 0. The minimum absolute atomic E-state index is 0.0192. The number of carbonyl (C=O) groups is 1. The molecule has 0 atom stereocenters. The Kier molecular flexibility index (Phi) is 6.50. The summed E-state index contributed by atoms with van der Waals surface area (Å²) in [7, 11) is 4.33. The number of carbonyl (C=O) groups excluding carboxylic acids is 1. The van der Waals surface area contributed by atoms with E-state index in [0.29, 0.717) is 17.2 Å². The SMILES string of the molecule is COc1ccc(NC(=S)NC(=O)c2ccc(OC)c([N+](=O)[O-])c2)cc1OC. The summed E-state index contributed by atoms with van der Waals surface area (Å²) in [4.78, 5) is 22.7. The van der Waals surface area contributed by atoms with Crippen LogP contribution in [0, 0.1) is 10.1 Å². The third kappa shape index (κ3) is 4.82. The van der Waals surface area contributed by atoms with Crippen LogP contribution in [0.1, 0.15) is 10.4 Å². The molecule has 27 heavy (non-hydrogen) atoms. The normalized spacial score (nSPS) is 9.89. The molecular formula is C17H17N3O6S. The molecule has 1 amide bonds. The van der Waals surface area contributed by atoms with Gasteiger partial charge >= 0.3 is 5.69 Å². The highest BCUT2D eigenvalue weighted by Gasteiger charge is 2.18. The fourth-order valence-electron chi connectivity index (χ4n) is 2.23. The number of hydrogen-bond donors (Lipinski definition) is 2. The van der Waals surface area contributed by atoms with Crippen LogP contribution in [0.2, 0.25) is 0 Å². The third-order valence-corrected chi connectivity index (χ3v) is 3.71. The van der Waals surface area contributed by atoms with Crippen LogP contribution in [0.3, 0.4) is 0 Å². The summed E-state index contributed by atoms with van der Waals surface area (Å²) < 4.78 is 15.3. The van der Waals surface area contributed by atoms with Gasteiger partial charge in [-0.15, -0.1) is 0 Å². The molecule has 10 heteroatoms. The first-order valence-electron chi connectivity index (χ1n) is 7.56. The van der Waals surface area contributed by atoms with Gasteiger partial charge in [0.25, 0.3) is 5.91 Å². The Bertz CT molecular complexity index is 887. The molecule has 2 aromatic carbocycles. The van der Waals surface area contributed by atoms with Gasteiger partial charge < -0.3 is 19.5 Å². The first kappa shape index (κ1) is 19.9. The molecule has 9 nitrogen and oxygen atoms in total. The van der Waals surface area contributed by atoms with Crippen molar-refractivity contribution >= 4 is 34.6 Å². The molecule has 0 aliphatic rings. The van der Waals surface area contributed by atoms with E-state index in [1.54, 1.807) is 18.2 Å². The fraction of sp³-hybridized carbons (Fsp3) is 0.176. The predicted molar refractivity (Wildman–Crippen MR) is 103 cm³/mol. The number of benzene rings is 2. The Balaban J connectivity index is 2.11. The molecule has 2 rings (SSSR count). The van der Waals surface area contributed by atoms with Gasteiger partial charge in [0.1, 0.15) is 0 Å². The van der Waals surface area contributed by atoms with Crippen LogP contribution in [0.25, 0.3) is 0 Å². The van der Waals surface area contributed by atoms with E-state index in [0.717, 1.165) is 6.07 Å². The molecule has 0 spiro atoms. The minimum Gasteiger partial charge on any atom is -0.493 e. The highest BCUT2D eigenvalue weighted by molar-refractivity contribution is 7.80. The molecule has 0 aliphatic heterocycles. The maximum Gasteiger partial charge on any atom is 0.311 e. The topological polar surface area (TPSA) is 112 Å². The molecular weight excluding hydrogens is 374 g/mol. The molecule has 0 unspecified atom stereocenters. The molecule has 0 aliphatic carbocycles. The predicted octanol–water partition coefficient (Wildman–Crippen LogP) is 2.75. The number of nitrogens with zero attached hydrogens (tertiary/aromatic N) is 1. The Morgan fingerprint density at radius 2 is 1.63 bits per heavy atom. The Hall–Kier alpha value is -3.40. The third-order valence-electron chi connectivity index (χ3n) is 3.51. The second-order valence-corrected chi connectivity index (χ2v) is 5.53. The summed E-state index contributed by atoms with van der Waals surface area (Å²) in [5, 5.41) is 16.4. The lowest BCUT2D eigenvalue weighted by atomic mass is 10.1. The van der Waals surface area contributed by atoms with Crippen LogP contribution < -0.4 is 24.8 Å². The van der Waals surface area contributed by atoms with Crippen LogP contribution >= 0.6 is 12.2 Å². The molecule has 0 saturated heterocycles. The van der Waals surface area contributed by atoms with Crippen molar-refractivity contribution in [1.82, 2.24) is 5.32 Å². The van der Waals surface area contributed by atoms with E-state index < -0.39 is 10.8 Å². The number of amides is 1. The van der Waals surface area contributed by atoms with Gasteiger partial charge in [-0.05, 0) is 36.5 Å². The fourth-order valence-corrected chi connectivity index (χ4v) is 2.44. The average molecular weight is 391 g/mol. The first-order chi connectivity index (χ1) is 12.9. The highest BCUT2D eigenvalue weighted by atomic mass is 32.1. The van der Waals surface area contributed by atoms with Gasteiger partial charge in [0, 0.05) is 23.4 Å². The Labute approximate surface area is 160 Å². The monoisotopic (exact) mass is 391 g/mol. The number of methoxy groups -OCH3 is 3. The molecule has 0 saturated carbocycles. The number of nitro benzene ring substituents is 1. The summed E-state index contributed by atoms with van der Waals surface area (Å²) in [5.41, 5.74) is 0.321. The summed E-state index contributed by atoms with van der Waals surface area (Å²) in [6.45, 7) is 0. The molecule has 0 heterocycles. The van der Waals surface area contributed by atoms with E-state index in [1.807, 2.05) is 0 Å². The first-order valence-corrected chi connectivity index (χ1v) is 7.97. The van der Waals surface area contributed by atoms with Gasteiger partial charge in [-0.3, -0.25) is 20.2 Å². The van der Waals surface area contributed by atoms with Gasteiger partial charge in [0.15, 0.2) is 22.4 Å². The largest absolute Gasteiger partial charge is 0.493 e. The van der Waals surface area contributed by atoms with E-state index in [-0.39, 0.29) is 22.1 Å². The second kappa shape index (κ2) is 8.81. The number of anilines is 1. The van der Waals surface area contributed by atoms with Crippen LogP contribution in [0.15, 0.2) is 36.4 Å². The van der Waals surface area contributed by atoms with Crippen molar-refractivity contribution in [3.63, 3.8) is 0 Å². The zero-order valence-electron chi connectivity index (χ0n) is 14.8. The van der Waals surface area contributed by atoms with Crippen LogP contribution in [-0.2, 0) is 0 Å². The molecule has 142 valence electrons. The lowest BCUT2D eigenvalue weighted by Gasteiger charge is -2.12. The summed E-state index contributed by atoms with van der Waals surface area (Å²) >= 11 is 5.11. The van der Waals surface area contributed by atoms with E-state index in [2.05, 4.69) is 10.6 Å². The summed E-state index contributed by atoms with van der Waals surface area (Å²) in [5.74, 6) is 0.493. The van der Waals surface area contributed by atoms with Crippen molar-refractivity contribution in [2.75, 3.05) is 26.6 Å². The van der Waals surface area contributed by atoms with Crippen molar-refractivity contribution < 1.29 is 23.9 Å². The number of nitrogens with one attached hydrogen (secondary N) is 2. The van der Waals surface area contributed by atoms with E-state index >= 15 is 0 Å². The average Bonchev–Trinajstić information content (AvgIpc) is 2.66. The van der Waals surface area contributed by atoms with E-state index in [1.165, 1.54) is 33.5 Å². The molecule has 0 bridgehead atoms. The van der Waals surface area contributed by atoms with Crippen molar-refractivity contribution in [2.24, 2.45) is 0 Å². The molecule has 2 N–H and O–H groups in total. The summed E-state index contributed by atoms with van der Waals surface area (Å²) in [6, 6.07) is 8.89. The highest BCUT2D eigenvalue weighted by Crippen LogP contribution is 2.30. The van der Waals surface area contributed by atoms with E-state index in [4.69, 9.17) is 26.4 Å². The maximum atomic E-state index is 12.3. The van der Waals surface area contributed by atoms with Gasteiger partial charge in [-0.1, -0.05) is 0 Å². The molecule has 0 fully saturated rings. The van der Waals surface area contributed by atoms with Gasteiger partial charge in [-0.2, -0.15) is 0 Å². The maximum absolute atomic E-state index is 12.3. The quantitative estimate of drug-likeness (QED) is 0.439. The van der Waals surface area contributed by atoms with E-state index in [9.17, 15) is 14.9 Å². The van der Waals surface area contributed by atoms with Gasteiger partial charge in [0.2, 0.25) is 0 Å². The second-order valence-electron chi connectivity index (χ2n) is 5.12. The molecule has 2 aromatic rings. The van der Waals surface area contributed by atoms with Gasteiger partial charge in [-0.25, -0.2) is 0 Å². The minimum atomic E-state index is -0.629. The Morgan fingerprint density at radius 1 is 1.00 bits per heavy atom. The van der Waals surface area contributed by atoms with Crippen LogP contribution in [-0.4, -0.2) is 37.3 Å². The van der Waals surface area contributed by atoms with Crippen LogP contribution in [0.5, 0.6) is 17.2 Å². The van der Waals surface area contributed by atoms with Crippen molar-refractivity contribution in [1.29, 1.82) is 0 Å². The van der Waals surface area contributed by atoms with Crippen LogP contribution in [0.4, 0.5) is 11.4 Å². The van der Waals surface area contributed by atoms with Gasteiger partial charge in [0.05, 0.1) is 26.3 Å². The number of ether oxygens (including phenoxy) is 3. The van der Waals surface area contributed by atoms with Crippen molar-refractivity contribution in [2.45, 2.75) is 0 Å². The number of thiocarbonyl (C=S) groups is 1. The van der Waals surface area contributed by atoms with Crippen molar-refractivity contribution in [3.8, 4) is 17.2 Å². The number of nitro groups is 1. The number of rotatable bonds is 6. The lowest BCUT2D eigenvalue weighted by molar-refractivity contribution is -0.385. The smallest absolute Gasteiger partial charge is 0.311 e. The standard InChI is InChI=1S/C17H17N3O6S/c1-24-13-6-4-10(8-12(13)20(22)23)16(21)19-17(27)18-11-5-7-14(25-2)15(9-11)26-3/h4-9H,1-3H3,(H2,18,19,21,27).